The van der Waals surface area contributed by atoms with Crippen LogP contribution in [-0.2, 0) is 6.54 Å². The van der Waals surface area contributed by atoms with Crippen LogP contribution in [-0.4, -0.2) is 35.5 Å². The van der Waals surface area contributed by atoms with Gasteiger partial charge in [0.1, 0.15) is 5.82 Å². The van der Waals surface area contributed by atoms with Crippen molar-refractivity contribution >= 4 is 18.1 Å². The minimum absolute atomic E-state index is 0. The summed E-state index contributed by atoms with van der Waals surface area (Å²) in [6.45, 7) is 4.99. The Balaban J connectivity index is 0.00000180. The van der Waals surface area contributed by atoms with E-state index < -0.39 is 10.7 Å². The van der Waals surface area contributed by atoms with Crippen LogP contribution in [0, 0.1) is 15.9 Å². The van der Waals surface area contributed by atoms with Gasteiger partial charge in [0.2, 0.25) is 0 Å². The van der Waals surface area contributed by atoms with Crippen LogP contribution in [0.2, 0.25) is 0 Å². The number of halogens is 2. The number of piperazine rings is 1. The molecular weight excluding hydrogens is 273 g/mol. The summed E-state index contributed by atoms with van der Waals surface area (Å²) in [5.41, 5.74) is 0.427. The molecule has 1 fully saturated rings. The Morgan fingerprint density at radius 3 is 2.95 bits per heavy atom. The lowest BCUT2D eigenvalue weighted by molar-refractivity contribution is -0.385. The molecule has 7 heteroatoms. The van der Waals surface area contributed by atoms with Crippen molar-refractivity contribution in [2.45, 2.75) is 19.5 Å². The topological polar surface area (TPSA) is 58.4 Å². The van der Waals surface area contributed by atoms with E-state index in [1.54, 1.807) is 0 Å². The summed E-state index contributed by atoms with van der Waals surface area (Å²) < 4.78 is 13.2. The average Bonchev–Trinajstić information content (AvgIpc) is 2.32. The van der Waals surface area contributed by atoms with E-state index in [-0.39, 0.29) is 18.1 Å². The van der Waals surface area contributed by atoms with E-state index in [0.29, 0.717) is 18.2 Å². The van der Waals surface area contributed by atoms with E-state index in [1.165, 1.54) is 12.1 Å². The fraction of sp³-hybridized carbons (Fsp3) is 0.500. The zero-order valence-corrected chi connectivity index (χ0v) is 11.5. The Kier molecular flexibility index (Phi) is 5.65. The highest BCUT2D eigenvalue weighted by Gasteiger charge is 2.22. The van der Waals surface area contributed by atoms with Gasteiger partial charge in [-0.3, -0.25) is 15.0 Å². The summed E-state index contributed by atoms with van der Waals surface area (Å²) in [5.74, 6) is -0.432. The van der Waals surface area contributed by atoms with Crippen molar-refractivity contribution in [3.05, 3.63) is 39.7 Å². The van der Waals surface area contributed by atoms with Gasteiger partial charge in [0.25, 0.3) is 5.69 Å². The van der Waals surface area contributed by atoms with Crippen LogP contribution >= 0.6 is 12.4 Å². The third kappa shape index (κ3) is 3.86. The van der Waals surface area contributed by atoms with Crippen LogP contribution in [0.5, 0.6) is 0 Å². The van der Waals surface area contributed by atoms with Gasteiger partial charge in [0, 0.05) is 43.9 Å². The summed E-state index contributed by atoms with van der Waals surface area (Å²) in [7, 11) is 0. The molecule has 1 aromatic rings. The molecule has 0 spiro atoms. The third-order valence-corrected chi connectivity index (χ3v) is 3.25. The minimum atomic E-state index is -0.457. The number of nitrogens with one attached hydrogen (secondary N) is 1. The molecule has 1 saturated heterocycles. The Morgan fingerprint density at radius 2 is 2.32 bits per heavy atom. The summed E-state index contributed by atoms with van der Waals surface area (Å²) in [4.78, 5) is 12.6. The van der Waals surface area contributed by atoms with Gasteiger partial charge in [-0.2, -0.15) is 0 Å². The Bertz CT molecular complexity index is 459. The second-order valence-electron chi connectivity index (χ2n) is 4.55. The molecule has 1 atom stereocenters. The lowest BCUT2D eigenvalue weighted by Gasteiger charge is -2.33. The molecule has 1 aromatic carbocycles. The maximum Gasteiger partial charge on any atom is 0.274 e. The molecule has 1 N–H and O–H groups in total. The molecule has 0 amide bonds. The molecule has 106 valence electrons. The molecule has 0 saturated carbocycles. The van der Waals surface area contributed by atoms with Gasteiger partial charge in [-0.15, -0.1) is 12.4 Å². The van der Waals surface area contributed by atoms with E-state index in [9.17, 15) is 14.5 Å². The van der Waals surface area contributed by atoms with E-state index in [2.05, 4.69) is 17.1 Å². The monoisotopic (exact) mass is 289 g/mol. The zero-order valence-electron chi connectivity index (χ0n) is 10.6. The normalized spacial score (nSPS) is 19.8. The first kappa shape index (κ1) is 15.8. The van der Waals surface area contributed by atoms with Crippen molar-refractivity contribution in [2.75, 3.05) is 19.6 Å². The summed E-state index contributed by atoms with van der Waals surface area (Å²) in [6, 6.07) is 3.91. The first-order valence-corrected chi connectivity index (χ1v) is 5.95. The molecule has 0 aliphatic carbocycles. The number of hydrogen-bond acceptors (Lipinski definition) is 4. The van der Waals surface area contributed by atoms with Gasteiger partial charge < -0.3 is 5.32 Å². The number of hydrogen-bond donors (Lipinski definition) is 1. The fourth-order valence-corrected chi connectivity index (χ4v) is 2.20. The maximum atomic E-state index is 13.2. The summed E-state index contributed by atoms with van der Waals surface area (Å²) >= 11 is 0. The maximum absolute atomic E-state index is 13.2. The largest absolute Gasteiger partial charge is 0.314 e. The first-order valence-electron chi connectivity index (χ1n) is 5.95. The van der Waals surface area contributed by atoms with Gasteiger partial charge in [-0.1, -0.05) is 0 Å². The molecule has 1 heterocycles. The van der Waals surface area contributed by atoms with Gasteiger partial charge in [0.15, 0.2) is 0 Å². The Morgan fingerprint density at radius 1 is 1.58 bits per heavy atom. The lowest BCUT2D eigenvalue weighted by Crippen LogP contribution is -2.49. The van der Waals surface area contributed by atoms with Gasteiger partial charge in [0.05, 0.1) is 4.92 Å². The van der Waals surface area contributed by atoms with Crippen molar-refractivity contribution < 1.29 is 9.31 Å². The van der Waals surface area contributed by atoms with Crippen LogP contribution in [0.25, 0.3) is 0 Å². The van der Waals surface area contributed by atoms with Gasteiger partial charge >= 0.3 is 0 Å². The molecule has 5 nitrogen and oxygen atoms in total. The van der Waals surface area contributed by atoms with Crippen molar-refractivity contribution in [1.82, 2.24) is 10.2 Å². The van der Waals surface area contributed by atoms with E-state index in [0.717, 1.165) is 25.7 Å². The highest BCUT2D eigenvalue weighted by Crippen LogP contribution is 2.22. The molecular formula is C12H17ClFN3O2. The number of benzene rings is 1. The van der Waals surface area contributed by atoms with Gasteiger partial charge in [-0.05, 0) is 19.1 Å². The van der Waals surface area contributed by atoms with Crippen molar-refractivity contribution in [3.8, 4) is 0 Å². The van der Waals surface area contributed by atoms with Crippen LogP contribution in [0.4, 0.5) is 10.1 Å². The van der Waals surface area contributed by atoms with E-state index >= 15 is 0 Å². The SMILES string of the molecule is CC1CNCCN1Cc1cc(F)ccc1[N+](=O)[O-].Cl. The quantitative estimate of drug-likeness (QED) is 0.682. The van der Waals surface area contributed by atoms with Crippen LogP contribution in [0.1, 0.15) is 12.5 Å². The number of nitro groups is 1. The Hall–Kier alpha value is -1.24. The predicted molar refractivity (Wildman–Crippen MR) is 73.0 cm³/mol. The molecule has 1 aliphatic rings. The minimum Gasteiger partial charge on any atom is -0.314 e. The molecule has 0 aromatic heterocycles. The highest BCUT2D eigenvalue weighted by molar-refractivity contribution is 5.85. The summed E-state index contributed by atoms with van der Waals surface area (Å²) in [6.07, 6.45) is 0. The Labute approximate surface area is 117 Å². The molecule has 1 aliphatic heterocycles. The van der Waals surface area contributed by atoms with E-state index in [1.807, 2.05) is 0 Å². The van der Waals surface area contributed by atoms with E-state index in [4.69, 9.17) is 0 Å². The van der Waals surface area contributed by atoms with Crippen LogP contribution < -0.4 is 5.32 Å². The van der Waals surface area contributed by atoms with Crippen molar-refractivity contribution in [3.63, 3.8) is 0 Å². The fourth-order valence-electron chi connectivity index (χ4n) is 2.20. The van der Waals surface area contributed by atoms with Crippen LogP contribution in [0.15, 0.2) is 18.2 Å². The van der Waals surface area contributed by atoms with Crippen molar-refractivity contribution in [2.24, 2.45) is 0 Å². The zero-order chi connectivity index (χ0) is 13.1. The number of rotatable bonds is 3. The standard InChI is InChI=1S/C12H16FN3O2.ClH/c1-9-7-14-4-5-15(9)8-10-6-11(13)2-3-12(10)16(17)18;/h2-3,6,9,14H,4-5,7-8H2,1H3;1H. The lowest BCUT2D eigenvalue weighted by atomic mass is 10.1. The molecule has 19 heavy (non-hydrogen) atoms. The first-order chi connectivity index (χ1) is 8.58. The summed E-state index contributed by atoms with van der Waals surface area (Å²) in [5, 5.41) is 14.2. The highest BCUT2D eigenvalue weighted by atomic mass is 35.5. The molecule has 0 bridgehead atoms. The number of nitro benzene ring substituents is 1. The average molecular weight is 290 g/mol. The second-order valence-corrected chi connectivity index (χ2v) is 4.55. The molecule has 1 unspecified atom stereocenters. The smallest absolute Gasteiger partial charge is 0.274 e. The molecule has 2 rings (SSSR count). The van der Waals surface area contributed by atoms with Crippen molar-refractivity contribution in [1.29, 1.82) is 0 Å². The molecule has 0 radical (unpaired) electrons. The van der Waals surface area contributed by atoms with Crippen LogP contribution in [0.3, 0.4) is 0 Å². The predicted octanol–water partition coefficient (Wildman–Crippen LogP) is 1.95. The second kappa shape index (κ2) is 6.79. The van der Waals surface area contributed by atoms with Gasteiger partial charge in [-0.25, -0.2) is 4.39 Å². The third-order valence-electron chi connectivity index (χ3n) is 3.25. The number of nitrogens with zero attached hydrogens (tertiary/aromatic N) is 2.